The zero-order valence-corrected chi connectivity index (χ0v) is 19.0. The molecule has 0 spiro atoms. The minimum atomic E-state index is -4.95. The maximum Gasteiger partial charge on any atom is 0.435 e. The number of pyridine rings is 2. The van der Waals surface area contributed by atoms with E-state index < -0.39 is 46.9 Å². The number of carbonyl (C=O) groups is 2. The maximum atomic E-state index is 13.4. The molecule has 0 aliphatic rings. The Morgan fingerprint density at radius 1 is 1.03 bits per heavy atom. The number of amides is 1. The second kappa shape index (κ2) is 9.03. The van der Waals surface area contributed by atoms with Gasteiger partial charge in [0.15, 0.2) is 11.5 Å². The molecule has 192 valence electrons. The van der Waals surface area contributed by atoms with Crippen LogP contribution in [0.2, 0.25) is 5.02 Å². The van der Waals surface area contributed by atoms with Gasteiger partial charge in [0.25, 0.3) is 5.91 Å². The lowest BCUT2D eigenvalue weighted by molar-refractivity contribution is -0.142. The standard InChI is InChI=1S/C22H12ClF6N5O3/c1-9-10-4-5-15(21(24,25)26)31-13(10)7-11(20(36)37)17(9)32-19(35)14-8-16(22(27,28)29)33-34(14)18-12(23)3-2-6-30-18/h2-8H,1H3,(H,32,35)(H,36,37). The number of aryl methyl sites for hydroxylation is 1. The number of aromatic nitrogens is 4. The summed E-state index contributed by atoms with van der Waals surface area (Å²) in [5.41, 5.74) is -4.69. The summed E-state index contributed by atoms with van der Waals surface area (Å²) in [4.78, 5) is 32.3. The highest BCUT2D eigenvalue weighted by atomic mass is 35.5. The summed E-state index contributed by atoms with van der Waals surface area (Å²) in [7, 11) is 0. The summed E-state index contributed by atoms with van der Waals surface area (Å²) < 4.78 is 79.9. The minimum Gasteiger partial charge on any atom is -0.478 e. The molecule has 1 aromatic carbocycles. The van der Waals surface area contributed by atoms with Crippen LogP contribution in [0, 0.1) is 6.92 Å². The number of aromatic carboxylic acids is 1. The van der Waals surface area contributed by atoms with Crippen LogP contribution < -0.4 is 5.32 Å². The van der Waals surface area contributed by atoms with Gasteiger partial charge in [0, 0.05) is 17.6 Å². The fourth-order valence-corrected chi connectivity index (χ4v) is 3.69. The second-order valence-corrected chi connectivity index (χ2v) is 7.98. The average Bonchev–Trinajstić information content (AvgIpc) is 3.26. The van der Waals surface area contributed by atoms with Gasteiger partial charge in [0.1, 0.15) is 11.4 Å². The van der Waals surface area contributed by atoms with Gasteiger partial charge in [-0.25, -0.2) is 19.4 Å². The van der Waals surface area contributed by atoms with Crippen LogP contribution in [0.3, 0.4) is 0 Å². The van der Waals surface area contributed by atoms with E-state index in [9.17, 15) is 41.0 Å². The highest BCUT2D eigenvalue weighted by Gasteiger charge is 2.37. The molecule has 4 rings (SSSR count). The summed E-state index contributed by atoms with van der Waals surface area (Å²) in [6.45, 7) is 1.31. The number of alkyl halides is 6. The molecule has 0 unspecified atom stereocenters. The van der Waals surface area contributed by atoms with Crippen LogP contribution in [0.5, 0.6) is 0 Å². The number of hydrogen-bond donors (Lipinski definition) is 2. The third-order valence-electron chi connectivity index (χ3n) is 5.19. The number of rotatable bonds is 4. The molecular formula is C22H12ClF6N5O3. The third-order valence-corrected chi connectivity index (χ3v) is 5.48. The number of carboxylic acids is 1. The molecule has 0 fully saturated rings. The Labute approximate surface area is 207 Å². The monoisotopic (exact) mass is 543 g/mol. The molecule has 1 amide bonds. The Bertz CT molecular complexity index is 1570. The van der Waals surface area contributed by atoms with Gasteiger partial charge >= 0.3 is 18.3 Å². The molecule has 0 atom stereocenters. The van der Waals surface area contributed by atoms with E-state index in [0.29, 0.717) is 16.8 Å². The Balaban J connectivity index is 1.86. The van der Waals surface area contributed by atoms with E-state index in [-0.39, 0.29) is 33.0 Å². The van der Waals surface area contributed by atoms with E-state index in [2.05, 4.69) is 20.4 Å². The van der Waals surface area contributed by atoms with Gasteiger partial charge in [-0.2, -0.15) is 31.4 Å². The average molecular weight is 544 g/mol. The van der Waals surface area contributed by atoms with Gasteiger partial charge in [-0.3, -0.25) is 4.79 Å². The quantitative estimate of drug-likeness (QED) is 0.316. The molecule has 8 nitrogen and oxygen atoms in total. The van der Waals surface area contributed by atoms with Crippen LogP contribution in [0.4, 0.5) is 32.0 Å². The van der Waals surface area contributed by atoms with E-state index in [1.165, 1.54) is 25.3 Å². The van der Waals surface area contributed by atoms with Crippen LogP contribution in [-0.4, -0.2) is 36.7 Å². The van der Waals surface area contributed by atoms with Gasteiger partial charge in [-0.05, 0) is 36.8 Å². The van der Waals surface area contributed by atoms with Crippen molar-refractivity contribution in [1.82, 2.24) is 19.7 Å². The molecule has 0 radical (unpaired) electrons. The Hall–Kier alpha value is -4.20. The number of hydrogen-bond acceptors (Lipinski definition) is 5. The van der Waals surface area contributed by atoms with E-state index >= 15 is 0 Å². The lowest BCUT2D eigenvalue weighted by Gasteiger charge is -2.16. The van der Waals surface area contributed by atoms with Crippen molar-refractivity contribution in [1.29, 1.82) is 0 Å². The van der Waals surface area contributed by atoms with Gasteiger partial charge < -0.3 is 10.4 Å². The van der Waals surface area contributed by atoms with Crippen molar-refractivity contribution in [2.75, 3.05) is 5.32 Å². The maximum absolute atomic E-state index is 13.4. The summed E-state index contributed by atoms with van der Waals surface area (Å²) in [5, 5.41) is 15.2. The number of anilines is 1. The van der Waals surface area contributed by atoms with Crippen LogP contribution in [0.25, 0.3) is 16.7 Å². The summed E-state index contributed by atoms with van der Waals surface area (Å²) in [5.74, 6) is -3.14. The summed E-state index contributed by atoms with van der Waals surface area (Å²) in [6, 6.07) is 5.67. The van der Waals surface area contributed by atoms with Crippen molar-refractivity contribution in [2.45, 2.75) is 19.3 Å². The second-order valence-electron chi connectivity index (χ2n) is 7.58. The highest BCUT2D eigenvalue weighted by molar-refractivity contribution is 6.32. The first kappa shape index (κ1) is 25.9. The molecule has 15 heteroatoms. The minimum absolute atomic E-state index is 0.0162. The van der Waals surface area contributed by atoms with Gasteiger partial charge in [-0.1, -0.05) is 17.7 Å². The van der Waals surface area contributed by atoms with Crippen molar-refractivity contribution in [2.24, 2.45) is 0 Å². The SMILES string of the molecule is Cc1c(NC(=O)c2cc(C(F)(F)F)nn2-c2ncccc2Cl)c(C(=O)O)cc2nc(C(F)(F)F)ccc12. The number of carbonyl (C=O) groups excluding carboxylic acids is 1. The topological polar surface area (TPSA) is 110 Å². The smallest absolute Gasteiger partial charge is 0.435 e. The molecule has 0 aliphatic carbocycles. The molecule has 2 N–H and O–H groups in total. The first-order chi connectivity index (χ1) is 17.2. The van der Waals surface area contributed by atoms with Crippen LogP contribution >= 0.6 is 11.6 Å². The fraction of sp³-hybridized carbons (Fsp3) is 0.136. The van der Waals surface area contributed by atoms with Gasteiger partial charge in [-0.15, -0.1) is 0 Å². The molecule has 37 heavy (non-hydrogen) atoms. The number of benzene rings is 1. The number of fused-ring (bicyclic) bond motifs is 1. The summed E-state index contributed by atoms with van der Waals surface area (Å²) in [6.07, 6.45) is -8.54. The van der Waals surface area contributed by atoms with E-state index in [0.717, 1.165) is 12.1 Å². The van der Waals surface area contributed by atoms with Gasteiger partial charge in [0.2, 0.25) is 0 Å². The predicted molar refractivity (Wildman–Crippen MR) is 118 cm³/mol. The predicted octanol–water partition coefficient (Wildman–Crippen LogP) is 5.77. The van der Waals surface area contributed by atoms with Gasteiger partial charge in [0.05, 0.1) is 21.8 Å². The van der Waals surface area contributed by atoms with Crippen molar-refractivity contribution in [3.05, 3.63) is 75.8 Å². The van der Waals surface area contributed by atoms with Crippen molar-refractivity contribution in [3.8, 4) is 5.82 Å². The number of nitrogens with zero attached hydrogens (tertiary/aromatic N) is 4. The largest absolute Gasteiger partial charge is 0.478 e. The number of carboxylic acid groups (broad SMARTS) is 1. The Morgan fingerprint density at radius 3 is 2.30 bits per heavy atom. The lowest BCUT2D eigenvalue weighted by Crippen LogP contribution is -2.20. The molecule has 3 heterocycles. The van der Waals surface area contributed by atoms with Crippen LogP contribution in [0.1, 0.15) is 37.8 Å². The number of halogens is 7. The summed E-state index contributed by atoms with van der Waals surface area (Å²) >= 11 is 6.02. The van der Waals surface area contributed by atoms with Crippen molar-refractivity contribution < 1.29 is 41.0 Å². The Kier molecular flexibility index (Phi) is 6.32. The molecule has 0 aliphatic heterocycles. The zero-order valence-electron chi connectivity index (χ0n) is 18.2. The zero-order chi connectivity index (χ0) is 27.3. The van der Waals surface area contributed by atoms with Crippen LogP contribution in [-0.2, 0) is 12.4 Å². The molecular weight excluding hydrogens is 532 g/mol. The molecule has 4 aromatic rings. The van der Waals surface area contributed by atoms with Crippen molar-refractivity contribution in [3.63, 3.8) is 0 Å². The number of nitrogens with one attached hydrogen (secondary N) is 1. The molecule has 3 aromatic heterocycles. The highest BCUT2D eigenvalue weighted by Crippen LogP contribution is 2.35. The normalized spacial score (nSPS) is 12.1. The molecule has 0 saturated heterocycles. The Morgan fingerprint density at radius 2 is 1.70 bits per heavy atom. The van der Waals surface area contributed by atoms with E-state index in [1.807, 2.05) is 0 Å². The lowest BCUT2D eigenvalue weighted by atomic mass is 10.0. The van der Waals surface area contributed by atoms with Crippen LogP contribution in [0.15, 0.2) is 42.6 Å². The van der Waals surface area contributed by atoms with E-state index in [4.69, 9.17) is 11.6 Å². The first-order valence-electron chi connectivity index (χ1n) is 10.0. The van der Waals surface area contributed by atoms with E-state index in [1.54, 1.807) is 0 Å². The van der Waals surface area contributed by atoms with Crippen molar-refractivity contribution >= 4 is 40.1 Å². The molecule has 0 bridgehead atoms. The first-order valence-corrected chi connectivity index (χ1v) is 10.4. The molecule has 0 saturated carbocycles. The third kappa shape index (κ3) is 4.91. The fourth-order valence-electron chi connectivity index (χ4n) is 3.49.